The summed E-state index contributed by atoms with van der Waals surface area (Å²) in [6.45, 7) is 0. The van der Waals surface area contributed by atoms with E-state index in [0.29, 0.717) is 10.7 Å². The fourth-order valence-electron chi connectivity index (χ4n) is 2.29. The minimum atomic E-state index is -4.69. The summed E-state index contributed by atoms with van der Waals surface area (Å²) in [4.78, 5) is 23.6. The van der Waals surface area contributed by atoms with Crippen LogP contribution in [-0.4, -0.2) is 15.7 Å². The normalized spacial score (nSPS) is 11.7. The van der Waals surface area contributed by atoms with Crippen molar-refractivity contribution in [2.45, 2.75) is 6.18 Å². The number of rotatable bonds is 2. The molecule has 0 unspecified atom stereocenters. The molecule has 0 saturated carbocycles. The van der Waals surface area contributed by atoms with Gasteiger partial charge in [0, 0.05) is 36.5 Å². The Morgan fingerprint density at radius 3 is 2.64 bits per heavy atom. The average molecular weight is 416 g/mol. The van der Waals surface area contributed by atoms with Crippen LogP contribution in [0, 0.1) is 0 Å². The molecule has 3 aromatic rings. The second kappa shape index (κ2) is 6.03. The molecule has 25 heavy (non-hydrogen) atoms. The average Bonchev–Trinajstić information content (AvgIpc) is 2.84. The number of nitrogens with one attached hydrogen (secondary N) is 1. The minimum Gasteiger partial charge on any atom is -0.423 e. The van der Waals surface area contributed by atoms with E-state index in [4.69, 9.17) is 4.42 Å². The monoisotopic (exact) mass is 415 g/mol. The van der Waals surface area contributed by atoms with Crippen molar-refractivity contribution >= 4 is 38.5 Å². The van der Waals surface area contributed by atoms with E-state index in [1.165, 1.54) is 16.9 Å². The second-order valence-electron chi connectivity index (χ2n) is 5.15. The lowest BCUT2D eigenvalue weighted by Crippen LogP contribution is -2.13. The van der Waals surface area contributed by atoms with E-state index >= 15 is 0 Å². The largest absolute Gasteiger partial charge is 0.423 e. The quantitative estimate of drug-likeness (QED) is 0.649. The zero-order valence-electron chi connectivity index (χ0n) is 12.5. The van der Waals surface area contributed by atoms with Crippen LogP contribution in [0.25, 0.3) is 11.0 Å². The van der Waals surface area contributed by atoms with E-state index in [9.17, 15) is 22.8 Å². The molecule has 2 heterocycles. The highest BCUT2D eigenvalue weighted by Crippen LogP contribution is 2.34. The molecule has 0 bridgehead atoms. The lowest BCUT2D eigenvalue weighted by atomic mass is 10.1. The van der Waals surface area contributed by atoms with E-state index in [1.807, 2.05) is 0 Å². The summed E-state index contributed by atoms with van der Waals surface area (Å²) in [6, 6.07) is 3.98. The molecule has 1 amide bonds. The third-order valence-corrected chi connectivity index (χ3v) is 3.92. The fourth-order valence-corrected chi connectivity index (χ4v) is 2.82. The van der Waals surface area contributed by atoms with Crippen LogP contribution in [0.15, 0.2) is 44.3 Å². The van der Waals surface area contributed by atoms with Gasteiger partial charge in [-0.3, -0.25) is 9.48 Å². The number of hydrogen-bond acceptors (Lipinski definition) is 4. The summed E-state index contributed by atoms with van der Waals surface area (Å²) in [5, 5.41) is 6.21. The van der Waals surface area contributed by atoms with Crippen LogP contribution in [0.1, 0.15) is 15.9 Å². The number of aromatic nitrogens is 2. The van der Waals surface area contributed by atoms with Crippen molar-refractivity contribution in [2.24, 2.45) is 7.05 Å². The molecule has 130 valence electrons. The van der Waals surface area contributed by atoms with Gasteiger partial charge in [-0.15, -0.1) is 0 Å². The Morgan fingerprint density at radius 1 is 1.32 bits per heavy atom. The Kier molecular flexibility index (Phi) is 4.15. The molecular formula is C15H9BrF3N3O3. The molecule has 3 rings (SSSR count). The predicted octanol–water partition coefficient (Wildman–Crippen LogP) is 3.56. The van der Waals surface area contributed by atoms with E-state index in [0.717, 1.165) is 12.1 Å². The first-order chi connectivity index (χ1) is 11.6. The second-order valence-corrected chi connectivity index (χ2v) is 5.90. The van der Waals surface area contributed by atoms with Crippen LogP contribution < -0.4 is 10.9 Å². The van der Waals surface area contributed by atoms with E-state index in [1.54, 1.807) is 7.05 Å². The van der Waals surface area contributed by atoms with Crippen LogP contribution >= 0.6 is 15.9 Å². The number of anilines is 1. The van der Waals surface area contributed by atoms with Crippen LogP contribution in [0.3, 0.4) is 0 Å². The Labute approximate surface area is 146 Å². The number of nitrogens with zero attached hydrogens (tertiary/aromatic N) is 2. The summed E-state index contributed by atoms with van der Waals surface area (Å²) in [7, 11) is 1.63. The number of hydrogen-bond donors (Lipinski definition) is 1. The topological polar surface area (TPSA) is 77.1 Å². The molecule has 0 fully saturated rings. The first-order valence-corrected chi connectivity index (χ1v) is 7.60. The molecule has 0 spiro atoms. The number of fused-ring (bicyclic) bond motifs is 1. The number of carbonyl (C=O) groups is 1. The Bertz CT molecular complexity index is 1040. The molecule has 0 saturated heterocycles. The smallest absolute Gasteiger partial charge is 0.417 e. The summed E-state index contributed by atoms with van der Waals surface area (Å²) < 4.78 is 45.6. The van der Waals surface area contributed by atoms with Crippen molar-refractivity contribution < 1.29 is 22.4 Å². The first-order valence-electron chi connectivity index (χ1n) is 6.81. The number of carbonyl (C=O) groups excluding carboxylic acids is 1. The van der Waals surface area contributed by atoms with Gasteiger partial charge in [0.2, 0.25) is 0 Å². The summed E-state index contributed by atoms with van der Waals surface area (Å²) in [6.07, 6.45) is -3.22. The van der Waals surface area contributed by atoms with Gasteiger partial charge in [0.05, 0.1) is 11.1 Å². The molecule has 2 aromatic heterocycles. The van der Waals surface area contributed by atoms with Crippen molar-refractivity contribution in [2.75, 3.05) is 5.32 Å². The van der Waals surface area contributed by atoms with Gasteiger partial charge in [0.25, 0.3) is 5.91 Å². The van der Waals surface area contributed by atoms with Gasteiger partial charge in [-0.05, 0) is 28.1 Å². The Morgan fingerprint density at radius 2 is 2.04 bits per heavy atom. The standard InChI is InChI=1S/C15H9BrF3N3O3/c1-22-6-9(13(16)21-22)14(24)20-7-2-3-8-10(15(17,18)19)5-12(23)25-11(8)4-7/h2-6H,1H3,(H,20,24). The highest BCUT2D eigenvalue weighted by Gasteiger charge is 2.33. The van der Waals surface area contributed by atoms with E-state index < -0.39 is 23.3 Å². The fraction of sp³-hybridized carbons (Fsp3) is 0.133. The molecule has 10 heteroatoms. The van der Waals surface area contributed by atoms with Gasteiger partial charge in [-0.1, -0.05) is 0 Å². The maximum Gasteiger partial charge on any atom is 0.417 e. The number of alkyl halides is 3. The van der Waals surface area contributed by atoms with Crippen LogP contribution in [0.2, 0.25) is 0 Å². The minimum absolute atomic E-state index is 0.177. The summed E-state index contributed by atoms with van der Waals surface area (Å²) in [5.74, 6) is -0.520. The molecule has 0 atom stereocenters. The van der Waals surface area contributed by atoms with Crippen LogP contribution in [0.4, 0.5) is 18.9 Å². The maximum atomic E-state index is 13.0. The van der Waals surface area contributed by atoms with E-state index in [-0.39, 0.29) is 22.2 Å². The zero-order chi connectivity index (χ0) is 18.4. The lowest BCUT2D eigenvalue weighted by molar-refractivity contribution is -0.136. The number of amides is 1. The predicted molar refractivity (Wildman–Crippen MR) is 86.3 cm³/mol. The molecule has 1 aromatic carbocycles. The third kappa shape index (κ3) is 3.43. The molecular weight excluding hydrogens is 407 g/mol. The highest BCUT2D eigenvalue weighted by atomic mass is 79.9. The maximum absolute atomic E-state index is 13.0. The number of aryl methyl sites for hydroxylation is 1. The van der Waals surface area contributed by atoms with Gasteiger partial charge in [0.1, 0.15) is 10.2 Å². The summed E-state index contributed by atoms with van der Waals surface area (Å²) >= 11 is 3.13. The highest BCUT2D eigenvalue weighted by molar-refractivity contribution is 9.10. The van der Waals surface area contributed by atoms with Gasteiger partial charge >= 0.3 is 11.8 Å². The molecule has 1 N–H and O–H groups in total. The van der Waals surface area contributed by atoms with Crippen molar-refractivity contribution in [3.8, 4) is 0 Å². The lowest BCUT2D eigenvalue weighted by Gasteiger charge is -2.10. The third-order valence-electron chi connectivity index (χ3n) is 3.34. The van der Waals surface area contributed by atoms with Gasteiger partial charge in [0.15, 0.2) is 0 Å². The van der Waals surface area contributed by atoms with Gasteiger partial charge in [-0.25, -0.2) is 4.79 Å². The Balaban J connectivity index is 2.01. The van der Waals surface area contributed by atoms with Crippen LogP contribution in [0.5, 0.6) is 0 Å². The van der Waals surface area contributed by atoms with Gasteiger partial charge < -0.3 is 9.73 Å². The van der Waals surface area contributed by atoms with Crippen molar-refractivity contribution in [1.29, 1.82) is 0 Å². The van der Waals surface area contributed by atoms with Crippen molar-refractivity contribution in [1.82, 2.24) is 9.78 Å². The number of halogens is 4. The zero-order valence-corrected chi connectivity index (χ0v) is 14.1. The molecule has 0 aliphatic rings. The molecule has 0 aliphatic heterocycles. The molecule has 6 nitrogen and oxygen atoms in total. The van der Waals surface area contributed by atoms with Crippen molar-refractivity contribution in [3.05, 3.63) is 56.6 Å². The van der Waals surface area contributed by atoms with Gasteiger partial charge in [-0.2, -0.15) is 18.3 Å². The first kappa shape index (κ1) is 17.2. The van der Waals surface area contributed by atoms with Crippen molar-refractivity contribution in [3.63, 3.8) is 0 Å². The SMILES string of the molecule is Cn1cc(C(=O)Nc2ccc3c(C(F)(F)F)cc(=O)oc3c2)c(Br)n1. The molecule has 0 radical (unpaired) electrons. The number of benzene rings is 1. The molecule has 0 aliphatic carbocycles. The van der Waals surface area contributed by atoms with E-state index in [2.05, 4.69) is 26.3 Å². The van der Waals surface area contributed by atoms with Crippen LogP contribution in [-0.2, 0) is 13.2 Å². The Hall–Kier alpha value is -2.62. The summed E-state index contributed by atoms with van der Waals surface area (Å²) in [5.41, 5.74) is -2.07.